The highest BCUT2D eigenvalue weighted by Crippen LogP contribution is 2.35. The van der Waals surface area contributed by atoms with Gasteiger partial charge in [-0.25, -0.2) is 4.79 Å². The summed E-state index contributed by atoms with van der Waals surface area (Å²) in [6.45, 7) is 11.9. The predicted molar refractivity (Wildman–Crippen MR) is 101 cm³/mol. The lowest BCUT2D eigenvalue weighted by atomic mass is 9.94. The highest BCUT2D eigenvalue weighted by atomic mass is 16.6. The van der Waals surface area contributed by atoms with Crippen LogP contribution in [0.15, 0.2) is 41.5 Å². The quantitative estimate of drug-likeness (QED) is 0.637. The molecule has 0 saturated heterocycles. The van der Waals surface area contributed by atoms with Crippen molar-refractivity contribution in [2.24, 2.45) is 4.99 Å². The van der Waals surface area contributed by atoms with Crippen LogP contribution < -0.4 is 5.32 Å². The number of fused-ring (bicyclic) bond motifs is 1. The average molecular weight is 342 g/mol. The van der Waals surface area contributed by atoms with Gasteiger partial charge in [-0.2, -0.15) is 0 Å². The summed E-state index contributed by atoms with van der Waals surface area (Å²) in [5.41, 5.74) is 3.89. The largest absolute Gasteiger partial charge is 0.444 e. The summed E-state index contributed by atoms with van der Waals surface area (Å²) in [4.78, 5) is 15.6. The number of carbonyl (C=O) groups excluding carboxylic acids is 1. The molecule has 25 heavy (non-hydrogen) atoms. The van der Waals surface area contributed by atoms with E-state index in [0.717, 1.165) is 22.3 Å². The molecule has 0 unspecified atom stereocenters. The average Bonchev–Trinajstić information content (AvgIpc) is 2.96. The van der Waals surface area contributed by atoms with E-state index < -0.39 is 11.7 Å². The Labute approximate surface area is 149 Å². The van der Waals surface area contributed by atoms with Gasteiger partial charge in [0, 0.05) is 6.20 Å². The van der Waals surface area contributed by atoms with E-state index in [1.54, 1.807) is 6.20 Å². The first-order chi connectivity index (χ1) is 11.9. The maximum atomic E-state index is 11.8. The van der Waals surface area contributed by atoms with Crippen LogP contribution in [0, 0.1) is 0 Å². The Morgan fingerprint density at radius 3 is 2.88 bits per heavy atom. The van der Waals surface area contributed by atoms with E-state index in [4.69, 9.17) is 9.47 Å². The molecular weight excluding hydrogens is 316 g/mol. The van der Waals surface area contributed by atoms with E-state index >= 15 is 0 Å². The molecule has 1 aliphatic heterocycles. The summed E-state index contributed by atoms with van der Waals surface area (Å²) < 4.78 is 11.2. The Morgan fingerprint density at radius 1 is 1.48 bits per heavy atom. The molecule has 1 heterocycles. The minimum atomic E-state index is -0.516. The van der Waals surface area contributed by atoms with Crippen LogP contribution in [0.4, 0.5) is 4.79 Å². The van der Waals surface area contributed by atoms with E-state index in [0.29, 0.717) is 13.2 Å². The van der Waals surface area contributed by atoms with Gasteiger partial charge in [-0.1, -0.05) is 24.3 Å². The van der Waals surface area contributed by atoms with Crippen molar-refractivity contribution < 1.29 is 14.3 Å². The Hall–Kier alpha value is -2.40. The third-order valence-electron chi connectivity index (χ3n) is 3.80. The monoisotopic (exact) mass is 342 g/mol. The van der Waals surface area contributed by atoms with Gasteiger partial charge in [0.15, 0.2) is 0 Å². The maximum Gasteiger partial charge on any atom is 0.407 e. The number of hydrogen-bond donors (Lipinski definition) is 1. The number of alkyl carbamates (subject to hydrolysis) is 1. The minimum Gasteiger partial charge on any atom is -0.444 e. The van der Waals surface area contributed by atoms with E-state index in [9.17, 15) is 4.79 Å². The van der Waals surface area contributed by atoms with Crippen LogP contribution in [0.2, 0.25) is 0 Å². The fraction of sp³-hybridized carbons (Fsp3) is 0.400. The minimum absolute atomic E-state index is 0.179. The zero-order chi connectivity index (χ0) is 18.4. The number of rotatable bonds is 5. The second kappa shape index (κ2) is 8.12. The van der Waals surface area contributed by atoms with Crippen LogP contribution in [0.3, 0.4) is 0 Å². The Bertz CT molecular complexity index is 699. The third kappa shape index (κ3) is 5.03. The number of allylic oxidation sites excluding steroid dienone is 3. The van der Waals surface area contributed by atoms with Crippen LogP contribution in [0.25, 0.3) is 5.57 Å². The number of nitrogens with zero attached hydrogens (tertiary/aromatic N) is 1. The summed E-state index contributed by atoms with van der Waals surface area (Å²) >= 11 is 0. The second-order valence-corrected chi connectivity index (χ2v) is 6.80. The smallest absolute Gasteiger partial charge is 0.407 e. The lowest BCUT2D eigenvalue weighted by Crippen LogP contribution is -2.34. The highest BCUT2D eigenvalue weighted by molar-refractivity contribution is 5.77. The molecule has 1 aliphatic rings. The van der Waals surface area contributed by atoms with Crippen molar-refractivity contribution in [2.75, 3.05) is 6.54 Å². The van der Waals surface area contributed by atoms with E-state index in [2.05, 4.69) is 23.1 Å². The summed E-state index contributed by atoms with van der Waals surface area (Å²) in [6, 6.07) is 6.10. The van der Waals surface area contributed by atoms with Gasteiger partial charge in [0.2, 0.25) is 0 Å². The molecule has 134 valence electrons. The molecule has 0 aromatic heterocycles. The number of carbonyl (C=O) groups is 1. The zero-order valence-corrected chi connectivity index (χ0v) is 15.3. The first kappa shape index (κ1) is 18.9. The Balaban J connectivity index is 2.13. The van der Waals surface area contributed by atoms with Crippen molar-refractivity contribution >= 4 is 18.4 Å². The lowest BCUT2D eigenvalue weighted by Gasteiger charge is -2.20. The molecule has 0 radical (unpaired) electrons. The molecule has 1 aromatic rings. The molecule has 1 N–H and O–H groups in total. The van der Waals surface area contributed by atoms with Gasteiger partial charge in [-0.15, -0.1) is 0 Å². The van der Waals surface area contributed by atoms with E-state index in [1.807, 2.05) is 52.0 Å². The van der Waals surface area contributed by atoms with Crippen LogP contribution in [-0.2, 0) is 16.1 Å². The zero-order valence-electron chi connectivity index (χ0n) is 15.3. The van der Waals surface area contributed by atoms with Crippen molar-refractivity contribution in [3.05, 3.63) is 53.2 Å². The summed E-state index contributed by atoms with van der Waals surface area (Å²) in [5, 5.41) is 2.78. The van der Waals surface area contributed by atoms with Crippen LogP contribution in [0.5, 0.6) is 0 Å². The van der Waals surface area contributed by atoms with Gasteiger partial charge in [0.1, 0.15) is 11.7 Å². The molecule has 5 heteroatoms. The normalized spacial score (nSPS) is 17.4. The van der Waals surface area contributed by atoms with Gasteiger partial charge >= 0.3 is 6.09 Å². The molecule has 2 rings (SSSR count). The van der Waals surface area contributed by atoms with Crippen molar-refractivity contribution in [1.29, 1.82) is 0 Å². The molecule has 0 spiro atoms. The standard InChI is InChI=1S/C20H26N2O3/c1-6-14(10-11-21-5)15-8-7-9-16-17(15)13-24-18(16)12-22-19(23)25-20(2,3)4/h6-11,18H,5,12-13H2,1-4H3,(H,22,23)/b11-10-,14-6+/t18-/m1/s1. The molecule has 1 aromatic carbocycles. The van der Waals surface area contributed by atoms with Gasteiger partial charge in [0.05, 0.1) is 13.2 Å². The summed E-state index contributed by atoms with van der Waals surface area (Å²) in [6.07, 6.45) is 5.02. The number of benzene rings is 1. The fourth-order valence-electron chi connectivity index (χ4n) is 2.75. The molecule has 1 atom stereocenters. The SMILES string of the molecule is C=N/C=C\C(=C/C)c1cccc2c1CO[C@@H]2CNC(=O)OC(C)(C)C. The third-order valence-corrected chi connectivity index (χ3v) is 3.80. The summed E-state index contributed by atoms with van der Waals surface area (Å²) in [7, 11) is 0. The maximum absolute atomic E-state index is 11.8. The van der Waals surface area contributed by atoms with E-state index in [-0.39, 0.29) is 6.10 Å². The van der Waals surface area contributed by atoms with Crippen molar-refractivity contribution in [3.63, 3.8) is 0 Å². The number of nitrogens with one attached hydrogen (secondary N) is 1. The molecule has 0 fully saturated rings. The second-order valence-electron chi connectivity index (χ2n) is 6.80. The van der Waals surface area contributed by atoms with Crippen molar-refractivity contribution in [2.45, 2.75) is 46.0 Å². The first-order valence-electron chi connectivity index (χ1n) is 8.35. The molecule has 0 bridgehead atoms. The number of hydrogen-bond acceptors (Lipinski definition) is 4. The fourth-order valence-corrected chi connectivity index (χ4v) is 2.75. The Kier molecular flexibility index (Phi) is 6.15. The molecular formula is C20H26N2O3. The van der Waals surface area contributed by atoms with Gasteiger partial charge in [-0.05, 0) is 62.8 Å². The topological polar surface area (TPSA) is 59.9 Å². The Morgan fingerprint density at radius 2 is 2.24 bits per heavy atom. The molecule has 1 amide bonds. The number of ether oxygens (including phenoxy) is 2. The molecule has 0 saturated carbocycles. The van der Waals surface area contributed by atoms with Crippen LogP contribution in [-0.4, -0.2) is 25.0 Å². The van der Waals surface area contributed by atoms with Crippen molar-refractivity contribution in [3.8, 4) is 0 Å². The van der Waals surface area contributed by atoms with Crippen LogP contribution in [0.1, 0.15) is 50.5 Å². The van der Waals surface area contributed by atoms with Gasteiger partial charge in [-0.3, -0.25) is 4.99 Å². The summed E-state index contributed by atoms with van der Waals surface area (Å²) in [5.74, 6) is 0. The van der Waals surface area contributed by atoms with Gasteiger partial charge < -0.3 is 14.8 Å². The number of aliphatic imine (C=N–C) groups is 1. The van der Waals surface area contributed by atoms with Crippen molar-refractivity contribution in [1.82, 2.24) is 5.32 Å². The first-order valence-corrected chi connectivity index (χ1v) is 8.35. The van der Waals surface area contributed by atoms with Crippen LogP contribution >= 0.6 is 0 Å². The predicted octanol–water partition coefficient (Wildman–Crippen LogP) is 4.40. The van der Waals surface area contributed by atoms with Gasteiger partial charge in [0.25, 0.3) is 0 Å². The highest BCUT2D eigenvalue weighted by Gasteiger charge is 2.27. The molecule has 0 aliphatic carbocycles. The molecule has 5 nitrogen and oxygen atoms in total. The van der Waals surface area contributed by atoms with E-state index in [1.165, 1.54) is 0 Å². The lowest BCUT2D eigenvalue weighted by molar-refractivity contribution is 0.0394. The number of amides is 1.